The zero-order valence-electron chi connectivity index (χ0n) is 19.9. The van der Waals surface area contributed by atoms with Crippen LogP contribution in [0.1, 0.15) is 48.3 Å². The average Bonchev–Trinajstić information content (AvgIpc) is 3.28. The molecular formula is C26H30N6O2. The van der Waals surface area contributed by atoms with Gasteiger partial charge in [-0.05, 0) is 83.4 Å². The van der Waals surface area contributed by atoms with Crippen LogP contribution in [0.4, 0.5) is 0 Å². The number of nitrogens with zero attached hydrogens (tertiary/aromatic N) is 5. The first-order valence-electron chi connectivity index (χ1n) is 11.8. The molecule has 4 aromatic rings. The highest BCUT2D eigenvalue weighted by atomic mass is 16.5. The molecule has 2 aromatic heterocycles. The fourth-order valence-electron chi connectivity index (χ4n) is 4.92. The van der Waals surface area contributed by atoms with Gasteiger partial charge in [0, 0.05) is 17.6 Å². The summed E-state index contributed by atoms with van der Waals surface area (Å²) in [7, 11) is 1.65. The van der Waals surface area contributed by atoms with Crippen LogP contribution in [-0.4, -0.2) is 50.3 Å². The summed E-state index contributed by atoms with van der Waals surface area (Å²) in [6, 6.07) is 15.7. The molecule has 0 radical (unpaired) electrons. The van der Waals surface area contributed by atoms with Gasteiger partial charge in [-0.3, -0.25) is 9.69 Å². The number of ether oxygens (including phenoxy) is 1. The maximum atomic E-state index is 13.4. The van der Waals surface area contributed by atoms with E-state index in [-0.39, 0.29) is 11.6 Å². The van der Waals surface area contributed by atoms with Crippen LogP contribution < -0.4 is 10.3 Å². The van der Waals surface area contributed by atoms with E-state index in [9.17, 15) is 4.79 Å². The smallest absolute Gasteiger partial charge is 0.253 e. The summed E-state index contributed by atoms with van der Waals surface area (Å²) in [5.74, 6) is 2.03. The summed E-state index contributed by atoms with van der Waals surface area (Å²) in [5.41, 5.74) is 3.60. The number of likely N-dealkylation sites (tertiary alicyclic amines) is 1. The molecule has 0 saturated carbocycles. The van der Waals surface area contributed by atoms with E-state index in [1.165, 1.54) is 6.42 Å². The molecule has 0 spiro atoms. The Labute approximate surface area is 198 Å². The lowest BCUT2D eigenvalue weighted by Crippen LogP contribution is -2.41. The highest BCUT2D eigenvalue weighted by molar-refractivity contribution is 5.79. The third kappa shape index (κ3) is 4.46. The third-order valence-electron chi connectivity index (χ3n) is 6.67. The number of fused-ring (bicyclic) bond motifs is 1. The monoisotopic (exact) mass is 458 g/mol. The molecule has 3 heterocycles. The van der Waals surface area contributed by atoms with Gasteiger partial charge in [0.25, 0.3) is 5.56 Å². The summed E-state index contributed by atoms with van der Waals surface area (Å²) in [6.07, 6.45) is 2.27. The number of pyridine rings is 1. The van der Waals surface area contributed by atoms with Crippen molar-refractivity contribution in [3.8, 4) is 5.75 Å². The number of H-pyrrole nitrogens is 1. The molecule has 8 nitrogen and oxygen atoms in total. The summed E-state index contributed by atoms with van der Waals surface area (Å²) < 4.78 is 7.09. The Balaban J connectivity index is 1.59. The van der Waals surface area contributed by atoms with Gasteiger partial charge in [-0.15, -0.1) is 5.10 Å². The molecule has 0 bridgehead atoms. The molecule has 0 unspecified atom stereocenters. The molecule has 2 atom stereocenters. The van der Waals surface area contributed by atoms with E-state index in [4.69, 9.17) is 4.74 Å². The van der Waals surface area contributed by atoms with Gasteiger partial charge in [-0.1, -0.05) is 31.2 Å². The first kappa shape index (κ1) is 22.3. The summed E-state index contributed by atoms with van der Waals surface area (Å²) in [4.78, 5) is 18.8. The van der Waals surface area contributed by atoms with Crippen molar-refractivity contribution in [3.63, 3.8) is 0 Å². The lowest BCUT2D eigenvalue weighted by atomic mass is 9.95. The maximum absolute atomic E-state index is 13.4. The first-order chi connectivity index (χ1) is 16.5. The number of benzene rings is 2. The number of aromatic amines is 1. The molecular weight excluding hydrogens is 428 g/mol. The molecule has 0 amide bonds. The Morgan fingerprint density at radius 3 is 2.76 bits per heavy atom. The van der Waals surface area contributed by atoms with Gasteiger partial charge in [-0.2, -0.15) is 0 Å². The van der Waals surface area contributed by atoms with E-state index in [0.717, 1.165) is 47.3 Å². The number of aromatic nitrogens is 5. The number of hydrogen-bond donors (Lipinski definition) is 1. The van der Waals surface area contributed by atoms with Gasteiger partial charge >= 0.3 is 0 Å². The van der Waals surface area contributed by atoms with Crippen LogP contribution in [0.25, 0.3) is 10.9 Å². The fraction of sp³-hybridized carbons (Fsp3) is 0.385. The van der Waals surface area contributed by atoms with Gasteiger partial charge in [-0.25, -0.2) is 4.68 Å². The van der Waals surface area contributed by atoms with Crippen LogP contribution in [0.3, 0.4) is 0 Å². The van der Waals surface area contributed by atoms with Gasteiger partial charge in [0.15, 0.2) is 5.82 Å². The van der Waals surface area contributed by atoms with E-state index in [1.54, 1.807) is 7.11 Å². The van der Waals surface area contributed by atoms with E-state index in [2.05, 4.69) is 44.5 Å². The normalized spacial score (nSPS) is 17.7. The van der Waals surface area contributed by atoms with E-state index >= 15 is 0 Å². The molecule has 8 heteroatoms. The quantitative estimate of drug-likeness (QED) is 0.474. The summed E-state index contributed by atoms with van der Waals surface area (Å²) >= 11 is 0. The third-order valence-corrected chi connectivity index (χ3v) is 6.67. The Bertz CT molecular complexity index is 1340. The minimum Gasteiger partial charge on any atom is -0.497 e. The molecule has 1 N–H and O–H groups in total. The minimum absolute atomic E-state index is 0.0969. The van der Waals surface area contributed by atoms with Crippen molar-refractivity contribution in [3.05, 3.63) is 81.4 Å². The standard InChI is InChI=1S/C26H30N6O2/c1-17-6-9-20-14-22(26(33)27-23(20)13-17)24(31-12-4-5-18(2)15-31)25-28-29-30-32(25)16-19-7-10-21(34-3)11-8-19/h6-11,13-14,18,24H,4-5,12,15-16H2,1-3H3,(H,27,33)/t18-,24-/m0/s1. The SMILES string of the molecule is COc1ccc(Cn2nnnc2[C@H](c2cc3ccc(C)cc3[nH]c2=O)N2CCC[C@H](C)C2)cc1. The van der Waals surface area contributed by atoms with Gasteiger partial charge in [0.1, 0.15) is 11.8 Å². The summed E-state index contributed by atoms with van der Waals surface area (Å²) in [6.45, 7) is 6.59. The Kier molecular flexibility index (Phi) is 6.15. The second-order valence-electron chi connectivity index (χ2n) is 9.33. The van der Waals surface area contributed by atoms with E-state index in [1.807, 2.05) is 48.0 Å². The Morgan fingerprint density at radius 2 is 2.00 bits per heavy atom. The highest BCUT2D eigenvalue weighted by Gasteiger charge is 2.32. The van der Waals surface area contributed by atoms with Gasteiger partial charge in [0.2, 0.25) is 0 Å². The summed E-state index contributed by atoms with van der Waals surface area (Å²) in [5, 5.41) is 13.8. The minimum atomic E-state index is -0.328. The van der Waals surface area contributed by atoms with Crippen LogP contribution in [0.5, 0.6) is 5.75 Å². The second kappa shape index (κ2) is 9.38. The topological polar surface area (TPSA) is 88.9 Å². The van der Waals surface area contributed by atoms with Crippen molar-refractivity contribution in [1.82, 2.24) is 30.1 Å². The largest absolute Gasteiger partial charge is 0.497 e. The predicted octanol–water partition coefficient (Wildman–Crippen LogP) is 3.70. The fourth-order valence-corrected chi connectivity index (χ4v) is 4.92. The molecule has 1 aliphatic heterocycles. The van der Waals surface area contributed by atoms with Crippen LogP contribution in [0.2, 0.25) is 0 Å². The predicted molar refractivity (Wildman–Crippen MR) is 131 cm³/mol. The lowest BCUT2D eigenvalue weighted by molar-refractivity contribution is 0.141. The van der Waals surface area contributed by atoms with Gasteiger partial charge in [0.05, 0.1) is 13.7 Å². The number of tetrazole rings is 1. The van der Waals surface area contributed by atoms with Crippen molar-refractivity contribution in [2.45, 2.75) is 39.3 Å². The zero-order valence-corrected chi connectivity index (χ0v) is 19.9. The maximum Gasteiger partial charge on any atom is 0.253 e. The molecule has 5 rings (SSSR count). The number of methoxy groups -OCH3 is 1. The van der Waals surface area contributed by atoms with Gasteiger partial charge < -0.3 is 9.72 Å². The van der Waals surface area contributed by atoms with Crippen LogP contribution in [-0.2, 0) is 6.54 Å². The van der Waals surface area contributed by atoms with Crippen molar-refractivity contribution in [2.75, 3.05) is 20.2 Å². The van der Waals surface area contributed by atoms with Crippen LogP contribution in [0.15, 0.2) is 53.3 Å². The number of piperidine rings is 1. The molecule has 1 fully saturated rings. The molecule has 1 saturated heterocycles. The molecule has 0 aliphatic carbocycles. The van der Waals surface area contributed by atoms with Crippen molar-refractivity contribution >= 4 is 10.9 Å². The molecule has 34 heavy (non-hydrogen) atoms. The first-order valence-corrected chi connectivity index (χ1v) is 11.8. The van der Waals surface area contributed by atoms with Crippen molar-refractivity contribution in [2.24, 2.45) is 5.92 Å². The molecule has 1 aliphatic rings. The number of nitrogens with one attached hydrogen (secondary N) is 1. The van der Waals surface area contributed by atoms with Crippen LogP contribution in [0, 0.1) is 12.8 Å². The van der Waals surface area contributed by atoms with E-state index in [0.29, 0.717) is 23.9 Å². The highest BCUT2D eigenvalue weighted by Crippen LogP contribution is 2.31. The zero-order chi connectivity index (χ0) is 23.7. The number of rotatable bonds is 6. The molecule has 2 aromatic carbocycles. The van der Waals surface area contributed by atoms with Crippen molar-refractivity contribution in [1.29, 1.82) is 0 Å². The van der Waals surface area contributed by atoms with Crippen molar-refractivity contribution < 1.29 is 4.74 Å². The average molecular weight is 459 g/mol. The molecule has 176 valence electrons. The van der Waals surface area contributed by atoms with E-state index < -0.39 is 0 Å². The van der Waals surface area contributed by atoms with Crippen LogP contribution >= 0.6 is 0 Å². The lowest BCUT2D eigenvalue weighted by Gasteiger charge is -2.36. The Hall–Kier alpha value is -3.52. The number of hydrogen-bond acceptors (Lipinski definition) is 6. The second-order valence-corrected chi connectivity index (χ2v) is 9.33. The number of aryl methyl sites for hydroxylation is 1. The Morgan fingerprint density at radius 1 is 1.18 bits per heavy atom.